The lowest BCUT2D eigenvalue weighted by Gasteiger charge is -2.27. The molecule has 0 fully saturated rings. The van der Waals surface area contributed by atoms with Crippen molar-refractivity contribution in [2.45, 2.75) is 26.0 Å². The van der Waals surface area contributed by atoms with Gasteiger partial charge in [0.1, 0.15) is 5.75 Å². The summed E-state index contributed by atoms with van der Waals surface area (Å²) < 4.78 is 29.3. The molecule has 6 heteroatoms. The molecule has 1 aliphatic heterocycles. The number of nitrogens with one attached hydrogen (secondary N) is 1. The van der Waals surface area contributed by atoms with Crippen molar-refractivity contribution >= 4 is 11.6 Å². The van der Waals surface area contributed by atoms with Crippen LogP contribution in [0.3, 0.4) is 0 Å². The zero-order valence-corrected chi connectivity index (χ0v) is 14.0. The van der Waals surface area contributed by atoms with Gasteiger partial charge in [0, 0.05) is 25.8 Å². The fourth-order valence-corrected chi connectivity index (χ4v) is 3.08. The number of anilines is 1. The van der Waals surface area contributed by atoms with Crippen LogP contribution in [0.25, 0.3) is 0 Å². The first-order valence-electron chi connectivity index (χ1n) is 8.19. The van der Waals surface area contributed by atoms with Crippen molar-refractivity contribution in [3.63, 3.8) is 0 Å². The van der Waals surface area contributed by atoms with Gasteiger partial charge in [-0.25, -0.2) is 0 Å². The van der Waals surface area contributed by atoms with Gasteiger partial charge in [0.05, 0.1) is 5.56 Å². The third kappa shape index (κ3) is 4.07. The van der Waals surface area contributed by atoms with E-state index in [9.17, 15) is 13.6 Å². The van der Waals surface area contributed by atoms with E-state index in [1.54, 1.807) is 12.1 Å². The van der Waals surface area contributed by atoms with Crippen LogP contribution in [-0.4, -0.2) is 26.1 Å². The summed E-state index contributed by atoms with van der Waals surface area (Å²) in [6.45, 7) is -1.59. The quantitative estimate of drug-likeness (QED) is 0.899. The number of hydrogen-bond donors (Lipinski definition) is 1. The standard InChI is InChI=1S/C19H20F2N2O2/c1-23-10-4-5-14-11-13(8-9-16(14)23)12-22-18(24)15-6-2-3-7-17(15)25-19(20)21/h2-3,6-9,11,19H,4-5,10,12H2,1H3,(H,22,24). The van der Waals surface area contributed by atoms with Gasteiger partial charge >= 0.3 is 6.61 Å². The van der Waals surface area contributed by atoms with E-state index < -0.39 is 12.5 Å². The molecule has 1 amide bonds. The molecule has 0 aliphatic carbocycles. The molecule has 25 heavy (non-hydrogen) atoms. The number of nitrogens with zero attached hydrogens (tertiary/aromatic N) is 1. The molecule has 0 unspecified atom stereocenters. The van der Waals surface area contributed by atoms with Gasteiger partial charge in [0.2, 0.25) is 0 Å². The Morgan fingerprint density at radius 1 is 1.28 bits per heavy atom. The summed E-state index contributed by atoms with van der Waals surface area (Å²) in [4.78, 5) is 14.5. The topological polar surface area (TPSA) is 41.6 Å². The molecule has 3 rings (SSSR count). The van der Waals surface area contributed by atoms with E-state index in [2.05, 4.69) is 34.1 Å². The summed E-state index contributed by atoms with van der Waals surface area (Å²) in [6, 6.07) is 12.1. The molecule has 0 atom stereocenters. The summed E-state index contributed by atoms with van der Waals surface area (Å²) in [5.41, 5.74) is 3.56. The van der Waals surface area contributed by atoms with Crippen LogP contribution < -0.4 is 15.0 Å². The van der Waals surface area contributed by atoms with E-state index in [-0.39, 0.29) is 11.3 Å². The molecular weight excluding hydrogens is 326 g/mol. The maximum absolute atomic E-state index is 12.4. The van der Waals surface area contributed by atoms with E-state index >= 15 is 0 Å². The number of ether oxygens (including phenoxy) is 1. The van der Waals surface area contributed by atoms with E-state index in [4.69, 9.17) is 0 Å². The summed E-state index contributed by atoms with van der Waals surface area (Å²) in [5.74, 6) is -0.562. The molecule has 0 radical (unpaired) electrons. The van der Waals surface area contributed by atoms with Crippen LogP contribution in [-0.2, 0) is 13.0 Å². The predicted octanol–water partition coefficient (Wildman–Crippen LogP) is 3.60. The zero-order valence-electron chi connectivity index (χ0n) is 14.0. The SMILES string of the molecule is CN1CCCc2cc(CNC(=O)c3ccccc3OC(F)F)ccc21. The second kappa shape index (κ2) is 7.51. The fourth-order valence-electron chi connectivity index (χ4n) is 3.08. The Kier molecular flexibility index (Phi) is 5.16. The first-order valence-corrected chi connectivity index (χ1v) is 8.19. The number of fused-ring (bicyclic) bond motifs is 1. The van der Waals surface area contributed by atoms with E-state index in [0.717, 1.165) is 24.9 Å². The van der Waals surface area contributed by atoms with Crippen LogP contribution in [0.5, 0.6) is 5.75 Å². The third-order valence-electron chi connectivity index (χ3n) is 4.30. The van der Waals surface area contributed by atoms with Crippen LogP contribution in [0, 0.1) is 0 Å². The third-order valence-corrected chi connectivity index (χ3v) is 4.30. The molecule has 2 aromatic rings. The van der Waals surface area contributed by atoms with Crippen LogP contribution >= 0.6 is 0 Å². The highest BCUT2D eigenvalue weighted by Gasteiger charge is 2.16. The van der Waals surface area contributed by atoms with E-state index in [1.807, 2.05) is 6.07 Å². The minimum atomic E-state index is -2.97. The maximum atomic E-state index is 12.4. The van der Waals surface area contributed by atoms with E-state index in [1.165, 1.54) is 23.4 Å². The Balaban J connectivity index is 1.69. The second-order valence-corrected chi connectivity index (χ2v) is 6.05. The van der Waals surface area contributed by atoms with Gasteiger partial charge in [0.25, 0.3) is 5.91 Å². The van der Waals surface area contributed by atoms with Crippen LogP contribution in [0.4, 0.5) is 14.5 Å². The number of rotatable bonds is 5. The minimum absolute atomic E-state index is 0.0977. The van der Waals surface area contributed by atoms with Crippen LogP contribution in [0.1, 0.15) is 27.9 Å². The largest absolute Gasteiger partial charge is 0.434 e. The Hall–Kier alpha value is -2.63. The number of carbonyl (C=O) groups excluding carboxylic acids is 1. The Morgan fingerprint density at radius 3 is 2.88 bits per heavy atom. The normalized spacial score (nSPS) is 13.5. The van der Waals surface area contributed by atoms with Crippen LogP contribution in [0.2, 0.25) is 0 Å². The van der Waals surface area contributed by atoms with Gasteiger partial charge in [-0.1, -0.05) is 24.3 Å². The number of para-hydroxylation sites is 1. The molecule has 0 saturated heterocycles. The lowest BCUT2D eigenvalue weighted by atomic mass is 9.99. The van der Waals surface area contributed by atoms with Gasteiger partial charge < -0.3 is 15.0 Å². The van der Waals surface area contributed by atoms with Crippen molar-refractivity contribution < 1.29 is 18.3 Å². The highest BCUT2D eigenvalue weighted by Crippen LogP contribution is 2.27. The molecule has 0 spiro atoms. The highest BCUT2D eigenvalue weighted by atomic mass is 19.3. The minimum Gasteiger partial charge on any atom is -0.434 e. The summed E-state index contributed by atoms with van der Waals surface area (Å²) in [6.07, 6.45) is 2.13. The molecule has 1 aliphatic rings. The van der Waals surface area contributed by atoms with Crippen molar-refractivity contribution in [1.82, 2.24) is 5.32 Å². The number of benzene rings is 2. The van der Waals surface area contributed by atoms with Gasteiger partial charge in [-0.15, -0.1) is 0 Å². The molecule has 1 heterocycles. The number of alkyl halides is 2. The van der Waals surface area contributed by atoms with Gasteiger partial charge in [-0.2, -0.15) is 8.78 Å². The molecule has 0 bridgehead atoms. The summed E-state index contributed by atoms with van der Waals surface area (Å²) >= 11 is 0. The number of aryl methyl sites for hydroxylation is 1. The van der Waals surface area contributed by atoms with Crippen LogP contribution in [0.15, 0.2) is 42.5 Å². The first kappa shape index (κ1) is 17.2. The molecule has 1 N–H and O–H groups in total. The molecule has 0 aromatic heterocycles. The Morgan fingerprint density at radius 2 is 2.08 bits per heavy atom. The lowest BCUT2D eigenvalue weighted by Crippen LogP contribution is -2.26. The van der Waals surface area contributed by atoms with Gasteiger partial charge in [0.15, 0.2) is 0 Å². The monoisotopic (exact) mass is 346 g/mol. The maximum Gasteiger partial charge on any atom is 0.387 e. The van der Waals surface area contributed by atoms with Crippen molar-refractivity contribution in [3.8, 4) is 5.75 Å². The highest BCUT2D eigenvalue weighted by molar-refractivity contribution is 5.96. The fraction of sp³-hybridized carbons (Fsp3) is 0.316. The van der Waals surface area contributed by atoms with Crippen molar-refractivity contribution in [1.29, 1.82) is 0 Å². The molecule has 0 saturated carbocycles. The average Bonchev–Trinajstić information content (AvgIpc) is 2.60. The molecule has 132 valence electrons. The Bertz CT molecular complexity index is 765. The van der Waals surface area contributed by atoms with E-state index in [0.29, 0.717) is 6.54 Å². The van der Waals surface area contributed by atoms with Gasteiger partial charge in [-0.3, -0.25) is 4.79 Å². The number of hydrogen-bond acceptors (Lipinski definition) is 3. The first-order chi connectivity index (χ1) is 12.0. The number of amides is 1. The molecule has 2 aromatic carbocycles. The van der Waals surface area contributed by atoms with Crippen molar-refractivity contribution in [2.75, 3.05) is 18.5 Å². The average molecular weight is 346 g/mol. The zero-order chi connectivity index (χ0) is 17.8. The van der Waals surface area contributed by atoms with Gasteiger partial charge in [-0.05, 0) is 42.2 Å². The summed E-state index contributed by atoms with van der Waals surface area (Å²) in [5, 5.41) is 2.77. The molecular formula is C19H20F2N2O2. The number of halogens is 2. The predicted molar refractivity (Wildman–Crippen MR) is 92.3 cm³/mol. The van der Waals surface area contributed by atoms with Crippen molar-refractivity contribution in [3.05, 3.63) is 59.2 Å². The second-order valence-electron chi connectivity index (χ2n) is 6.05. The number of carbonyl (C=O) groups is 1. The molecule has 4 nitrogen and oxygen atoms in total. The van der Waals surface area contributed by atoms with Crippen molar-refractivity contribution in [2.24, 2.45) is 0 Å². The Labute approximate surface area is 145 Å². The smallest absolute Gasteiger partial charge is 0.387 e. The summed E-state index contributed by atoms with van der Waals surface area (Å²) in [7, 11) is 2.07. The lowest BCUT2D eigenvalue weighted by molar-refractivity contribution is -0.0501.